The fourth-order valence-corrected chi connectivity index (χ4v) is 4.60. The Morgan fingerprint density at radius 1 is 1.19 bits per heavy atom. The number of hydrogen-bond acceptors (Lipinski definition) is 5. The van der Waals surface area contributed by atoms with Crippen molar-refractivity contribution in [1.29, 1.82) is 0 Å². The number of pyridine rings is 1. The number of ketones is 1. The number of carbonyl (C=O) groups excluding carboxylic acids is 1. The lowest BCUT2D eigenvalue weighted by molar-refractivity contribution is 0.0903. The van der Waals surface area contributed by atoms with Crippen molar-refractivity contribution in [3.63, 3.8) is 0 Å². The van der Waals surface area contributed by atoms with Crippen molar-refractivity contribution in [2.75, 3.05) is 6.26 Å². The molecule has 0 N–H and O–H groups in total. The minimum absolute atomic E-state index is 0.0331. The summed E-state index contributed by atoms with van der Waals surface area (Å²) in [6.45, 7) is 4.28. The molecule has 1 aromatic carbocycles. The number of nitrogens with zero attached hydrogens (tertiary/aromatic N) is 3. The van der Waals surface area contributed by atoms with E-state index in [0.29, 0.717) is 11.6 Å². The third-order valence-corrected chi connectivity index (χ3v) is 6.40. The average Bonchev–Trinajstić information content (AvgIpc) is 3.38. The number of hydrogen-bond donors (Lipinski definition) is 0. The summed E-state index contributed by atoms with van der Waals surface area (Å²) in [6, 6.07) is 9.89. The van der Waals surface area contributed by atoms with Gasteiger partial charge in [-0.25, -0.2) is 0 Å². The first kappa shape index (κ1) is 21.6. The van der Waals surface area contributed by atoms with Gasteiger partial charge < -0.3 is 4.42 Å². The summed E-state index contributed by atoms with van der Waals surface area (Å²) in [7, 11) is 0. The number of para-hydroxylation sites is 1. The highest BCUT2D eigenvalue weighted by Gasteiger charge is 2.22. The van der Waals surface area contributed by atoms with E-state index in [9.17, 15) is 4.79 Å². The minimum Gasteiger partial charge on any atom is -0.464 e. The van der Waals surface area contributed by atoms with Crippen LogP contribution in [0, 0.1) is 5.92 Å². The summed E-state index contributed by atoms with van der Waals surface area (Å²) < 4.78 is 7.71. The normalized spacial score (nSPS) is 12.6. The molecule has 1 atom stereocenters. The van der Waals surface area contributed by atoms with E-state index in [1.165, 1.54) is 6.42 Å². The highest BCUT2D eigenvalue weighted by Crippen LogP contribution is 2.35. The molecule has 3 aromatic heterocycles. The standard InChI is InChI=1S/C25H29N3O2S/c1-4-6-7-10-17(5-2)25(29)21-13-22-19(14-26-21)24(27-28(22)16-31-3)20-15-30-23-12-9-8-11-18(20)23/h8-9,11-15,17H,4-7,10,16H2,1-3H3. The summed E-state index contributed by atoms with van der Waals surface area (Å²) in [6.07, 6.45) is 10.8. The zero-order chi connectivity index (χ0) is 21.8. The molecule has 0 aliphatic carbocycles. The van der Waals surface area contributed by atoms with E-state index in [1.54, 1.807) is 18.0 Å². The van der Waals surface area contributed by atoms with Crippen molar-refractivity contribution in [2.24, 2.45) is 5.92 Å². The van der Waals surface area contributed by atoms with Crippen molar-refractivity contribution < 1.29 is 9.21 Å². The molecular formula is C25H29N3O2S. The Bertz CT molecular complexity index is 1190. The van der Waals surface area contributed by atoms with E-state index in [0.717, 1.165) is 58.8 Å². The molecule has 0 aliphatic heterocycles. The topological polar surface area (TPSA) is 60.9 Å². The molecule has 6 heteroatoms. The first-order valence-electron chi connectivity index (χ1n) is 11.0. The Morgan fingerprint density at radius 3 is 2.81 bits per heavy atom. The van der Waals surface area contributed by atoms with E-state index in [4.69, 9.17) is 9.52 Å². The van der Waals surface area contributed by atoms with Crippen LogP contribution in [0.25, 0.3) is 33.1 Å². The van der Waals surface area contributed by atoms with Crippen molar-refractivity contribution >= 4 is 39.4 Å². The lowest BCUT2D eigenvalue weighted by Crippen LogP contribution is -2.15. The van der Waals surface area contributed by atoms with Crippen LogP contribution in [0.4, 0.5) is 0 Å². The van der Waals surface area contributed by atoms with Crippen molar-refractivity contribution in [2.45, 2.75) is 51.8 Å². The predicted molar refractivity (Wildman–Crippen MR) is 129 cm³/mol. The lowest BCUT2D eigenvalue weighted by Gasteiger charge is -2.13. The van der Waals surface area contributed by atoms with Crippen LogP contribution in [0.15, 0.2) is 47.2 Å². The van der Waals surface area contributed by atoms with Gasteiger partial charge >= 0.3 is 0 Å². The maximum atomic E-state index is 13.2. The summed E-state index contributed by atoms with van der Waals surface area (Å²) in [5.74, 6) is 0.885. The summed E-state index contributed by atoms with van der Waals surface area (Å²) in [5, 5.41) is 6.85. The van der Waals surface area contributed by atoms with E-state index < -0.39 is 0 Å². The molecule has 0 bridgehead atoms. The Labute approximate surface area is 187 Å². The van der Waals surface area contributed by atoms with Crippen LogP contribution in [0.5, 0.6) is 0 Å². The predicted octanol–water partition coefficient (Wildman–Crippen LogP) is 6.95. The number of thioether (sulfide) groups is 1. The molecule has 0 radical (unpaired) electrons. The second-order valence-electron chi connectivity index (χ2n) is 7.96. The first-order valence-corrected chi connectivity index (χ1v) is 12.4. The maximum absolute atomic E-state index is 13.2. The summed E-state index contributed by atoms with van der Waals surface area (Å²) in [4.78, 5) is 17.8. The molecule has 5 nitrogen and oxygen atoms in total. The number of fused-ring (bicyclic) bond motifs is 2. The molecular weight excluding hydrogens is 406 g/mol. The Kier molecular flexibility index (Phi) is 6.76. The van der Waals surface area contributed by atoms with Crippen LogP contribution >= 0.6 is 11.8 Å². The SMILES string of the molecule is CCCCCC(CC)C(=O)c1cc2c(cn1)c(-c1coc3ccccc13)nn2CSC. The Balaban J connectivity index is 1.76. The first-order chi connectivity index (χ1) is 15.2. The van der Waals surface area contributed by atoms with Crippen LogP contribution in [0.2, 0.25) is 0 Å². The van der Waals surface area contributed by atoms with Gasteiger partial charge in [-0.15, -0.1) is 11.8 Å². The molecule has 162 valence electrons. The van der Waals surface area contributed by atoms with E-state index >= 15 is 0 Å². The van der Waals surface area contributed by atoms with Gasteiger partial charge in [-0.2, -0.15) is 5.10 Å². The van der Waals surface area contributed by atoms with E-state index in [1.807, 2.05) is 41.2 Å². The fraction of sp³-hybridized carbons (Fsp3) is 0.400. The van der Waals surface area contributed by atoms with Gasteiger partial charge in [0.2, 0.25) is 0 Å². The Hall–Kier alpha value is -2.60. The zero-order valence-electron chi connectivity index (χ0n) is 18.4. The molecule has 1 unspecified atom stereocenters. The van der Waals surface area contributed by atoms with Gasteiger partial charge in [0.1, 0.15) is 23.2 Å². The van der Waals surface area contributed by atoms with Crippen LogP contribution in [0.1, 0.15) is 56.4 Å². The molecule has 0 spiro atoms. The van der Waals surface area contributed by atoms with Crippen LogP contribution < -0.4 is 0 Å². The number of carbonyl (C=O) groups is 1. The van der Waals surface area contributed by atoms with Crippen LogP contribution in [0.3, 0.4) is 0 Å². The Morgan fingerprint density at radius 2 is 2.03 bits per heavy atom. The van der Waals surface area contributed by atoms with Gasteiger partial charge in [-0.3, -0.25) is 14.5 Å². The third kappa shape index (κ3) is 4.26. The van der Waals surface area contributed by atoms with Crippen molar-refractivity contribution in [1.82, 2.24) is 14.8 Å². The molecule has 0 amide bonds. The van der Waals surface area contributed by atoms with Gasteiger partial charge in [-0.1, -0.05) is 51.3 Å². The summed E-state index contributed by atoms with van der Waals surface area (Å²) in [5.41, 5.74) is 4.11. The van der Waals surface area contributed by atoms with E-state index in [-0.39, 0.29) is 11.7 Å². The van der Waals surface area contributed by atoms with Crippen LogP contribution in [-0.4, -0.2) is 26.8 Å². The quantitative estimate of drug-likeness (QED) is 0.199. The molecule has 0 aliphatic rings. The molecule has 4 aromatic rings. The van der Waals surface area contributed by atoms with Gasteiger partial charge in [0.25, 0.3) is 0 Å². The van der Waals surface area contributed by atoms with Gasteiger partial charge in [0, 0.05) is 28.5 Å². The minimum atomic E-state index is 0.0331. The largest absolute Gasteiger partial charge is 0.464 e. The third-order valence-electron chi connectivity index (χ3n) is 5.90. The lowest BCUT2D eigenvalue weighted by atomic mass is 9.92. The molecule has 0 fully saturated rings. The van der Waals surface area contributed by atoms with Crippen molar-refractivity contribution in [3.8, 4) is 11.3 Å². The fourth-order valence-electron chi connectivity index (χ4n) is 4.16. The van der Waals surface area contributed by atoms with Crippen LogP contribution in [-0.2, 0) is 5.88 Å². The van der Waals surface area contributed by atoms with E-state index in [2.05, 4.69) is 25.1 Å². The number of aromatic nitrogens is 3. The highest BCUT2D eigenvalue weighted by molar-refractivity contribution is 7.97. The molecule has 4 rings (SSSR count). The smallest absolute Gasteiger partial charge is 0.184 e. The number of benzene rings is 1. The van der Waals surface area contributed by atoms with Gasteiger partial charge in [-0.05, 0) is 31.2 Å². The number of furan rings is 1. The molecule has 3 heterocycles. The monoisotopic (exact) mass is 435 g/mol. The average molecular weight is 436 g/mol. The number of rotatable bonds is 10. The zero-order valence-corrected chi connectivity index (χ0v) is 19.2. The second kappa shape index (κ2) is 9.69. The highest BCUT2D eigenvalue weighted by atomic mass is 32.2. The van der Waals surface area contributed by atoms with Gasteiger partial charge in [0.05, 0.1) is 11.4 Å². The number of Topliss-reactive ketones (excluding diaryl/α,β-unsaturated/α-hetero) is 1. The van der Waals surface area contributed by atoms with Gasteiger partial charge in [0.15, 0.2) is 5.78 Å². The van der Waals surface area contributed by atoms with Crippen molar-refractivity contribution in [3.05, 3.63) is 48.5 Å². The maximum Gasteiger partial charge on any atom is 0.184 e. The number of unbranched alkanes of at least 4 members (excludes halogenated alkanes) is 2. The second-order valence-corrected chi connectivity index (χ2v) is 8.80. The molecule has 31 heavy (non-hydrogen) atoms. The summed E-state index contributed by atoms with van der Waals surface area (Å²) >= 11 is 1.69. The molecule has 0 saturated heterocycles. The molecule has 0 saturated carbocycles.